The molecule has 0 aliphatic carbocycles. The number of methoxy groups -OCH3 is 2. The van der Waals surface area contributed by atoms with Gasteiger partial charge in [0, 0.05) is 30.3 Å². The number of likely N-dealkylation sites (tertiary alicyclic amines) is 1. The van der Waals surface area contributed by atoms with E-state index in [9.17, 15) is 4.79 Å². The topological polar surface area (TPSA) is 63.7 Å². The van der Waals surface area contributed by atoms with Crippen molar-refractivity contribution in [2.24, 2.45) is 11.3 Å². The third kappa shape index (κ3) is 5.97. The summed E-state index contributed by atoms with van der Waals surface area (Å²) in [5.74, 6) is 2.03. The van der Waals surface area contributed by atoms with Gasteiger partial charge in [0.25, 0.3) is 0 Å². The summed E-state index contributed by atoms with van der Waals surface area (Å²) in [6.07, 6.45) is 3.93. The SMILES string of the molecule is COc1ccc(OC)c(CN2CCC[C@@H]([C@@H](NC(=O)C(C)(C)C)c3ccccn3)C2)c1. The van der Waals surface area contributed by atoms with Gasteiger partial charge in [0.15, 0.2) is 0 Å². The second kappa shape index (κ2) is 10.1. The molecule has 0 bridgehead atoms. The van der Waals surface area contributed by atoms with Crippen LogP contribution in [0.5, 0.6) is 11.5 Å². The Bertz CT molecular complexity index is 864. The third-order valence-electron chi connectivity index (χ3n) is 5.87. The summed E-state index contributed by atoms with van der Waals surface area (Å²) in [4.78, 5) is 19.8. The van der Waals surface area contributed by atoms with E-state index in [0.29, 0.717) is 0 Å². The Balaban J connectivity index is 1.80. The second-order valence-corrected chi connectivity index (χ2v) is 9.27. The molecule has 1 aliphatic heterocycles. The molecule has 1 aliphatic rings. The van der Waals surface area contributed by atoms with E-state index in [2.05, 4.69) is 15.2 Å². The van der Waals surface area contributed by atoms with Gasteiger partial charge in [0.1, 0.15) is 11.5 Å². The highest BCUT2D eigenvalue weighted by Gasteiger charge is 2.33. The minimum Gasteiger partial charge on any atom is -0.497 e. The van der Waals surface area contributed by atoms with Crippen LogP contribution in [0.2, 0.25) is 0 Å². The van der Waals surface area contributed by atoms with Gasteiger partial charge in [-0.2, -0.15) is 0 Å². The zero-order valence-corrected chi connectivity index (χ0v) is 19.4. The fourth-order valence-corrected chi connectivity index (χ4v) is 4.10. The number of pyridine rings is 1. The highest BCUT2D eigenvalue weighted by atomic mass is 16.5. The first kappa shape index (κ1) is 23.1. The highest BCUT2D eigenvalue weighted by Crippen LogP contribution is 2.32. The molecule has 1 saturated heterocycles. The van der Waals surface area contributed by atoms with Crippen molar-refractivity contribution in [3.63, 3.8) is 0 Å². The van der Waals surface area contributed by atoms with Crippen molar-refractivity contribution in [1.29, 1.82) is 0 Å². The summed E-state index contributed by atoms with van der Waals surface area (Å²) in [6.45, 7) is 8.50. The Hall–Kier alpha value is -2.60. The Kier molecular flexibility index (Phi) is 7.55. The maximum Gasteiger partial charge on any atom is 0.225 e. The Morgan fingerprint density at radius 2 is 2.03 bits per heavy atom. The molecule has 1 aromatic heterocycles. The maximum absolute atomic E-state index is 12.8. The Morgan fingerprint density at radius 3 is 2.68 bits per heavy atom. The predicted molar refractivity (Wildman–Crippen MR) is 122 cm³/mol. The molecule has 1 N–H and O–H groups in total. The van der Waals surface area contributed by atoms with Crippen LogP contribution in [0.1, 0.15) is 50.9 Å². The summed E-state index contributed by atoms with van der Waals surface area (Å²) in [5.41, 5.74) is 1.58. The molecular weight excluding hydrogens is 390 g/mol. The molecule has 2 heterocycles. The van der Waals surface area contributed by atoms with Gasteiger partial charge in [-0.15, -0.1) is 0 Å². The Morgan fingerprint density at radius 1 is 1.23 bits per heavy atom. The van der Waals surface area contributed by atoms with Crippen LogP contribution in [0.4, 0.5) is 0 Å². The third-order valence-corrected chi connectivity index (χ3v) is 5.87. The maximum atomic E-state index is 12.8. The first-order chi connectivity index (χ1) is 14.8. The standard InChI is InChI=1S/C25H35N3O3/c1-25(2,3)24(29)27-23(21-10-6-7-13-26-21)18-9-8-14-28(16-18)17-19-15-20(30-4)11-12-22(19)31-5/h6-7,10-13,15,18,23H,8-9,14,16-17H2,1-5H3,(H,27,29)/t18-,23-/m1/s1. The molecule has 3 rings (SSSR count). The molecule has 0 saturated carbocycles. The minimum absolute atomic E-state index is 0.0507. The molecule has 2 aromatic rings. The van der Waals surface area contributed by atoms with Gasteiger partial charge in [0.05, 0.1) is 26.0 Å². The van der Waals surface area contributed by atoms with Crippen molar-refractivity contribution in [1.82, 2.24) is 15.2 Å². The van der Waals surface area contributed by atoms with Gasteiger partial charge in [-0.25, -0.2) is 0 Å². The monoisotopic (exact) mass is 425 g/mol. The van der Waals surface area contributed by atoms with Crippen molar-refractivity contribution in [2.45, 2.75) is 46.2 Å². The lowest BCUT2D eigenvalue weighted by Gasteiger charge is -2.38. The number of carbonyl (C=O) groups is 1. The number of ether oxygens (including phenoxy) is 2. The van der Waals surface area contributed by atoms with E-state index < -0.39 is 5.41 Å². The summed E-state index contributed by atoms with van der Waals surface area (Å²) in [6, 6.07) is 11.7. The Labute approximate surface area is 186 Å². The van der Waals surface area contributed by atoms with E-state index >= 15 is 0 Å². The molecule has 1 aromatic carbocycles. The number of aromatic nitrogens is 1. The van der Waals surface area contributed by atoms with Crippen molar-refractivity contribution in [3.05, 3.63) is 53.9 Å². The lowest BCUT2D eigenvalue weighted by molar-refractivity contribution is -0.130. The number of nitrogens with zero attached hydrogens (tertiary/aromatic N) is 2. The van der Waals surface area contributed by atoms with Gasteiger partial charge in [-0.05, 0) is 55.6 Å². The van der Waals surface area contributed by atoms with Crippen LogP contribution in [-0.2, 0) is 11.3 Å². The van der Waals surface area contributed by atoms with Crippen LogP contribution in [0.3, 0.4) is 0 Å². The van der Waals surface area contributed by atoms with Crippen molar-refractivity contribution < 1.29 is 14.3 Å². The average molecular weight is 426 g/mol. The fourth-order valence-electron chi connectivity index (χ4n) is 4.10. The average Bonchev–Trinajstić information content (AvgIpc) is 2.77. The summed E-state index contributed by atoms with van der Waals surface area (Å²) >= 11 is 0. The molecule has 1 fully saturated rings. The normalized spacial score (nSPS) is 18.3. The van der Waals surface area contributed by atoms with Crippen LogP contribution >= 0.6 is 0 Å². The molecular formula is C25H35N3O3. The van der Waals surface area contributed by atoms with Crippen molar-refractivity contribution in [2.75, 3.05) is 27.3 Å². The van der Waals surface area contributed by atoms with Gasteiger partial charge < -0.3 is 14.8 Å². The van der Waals surface area contributed by atoms with Crippen LogP contribution in [0.25, 0.3) is 0 Å². The van der Waals surface area contributed by atoms with E-state index in [-0.39, 0.29) is 17.9 Å². The number of hydrogen-bond donors (Lipinski definition) is 1. The second-order valence-electron chi connectivity index (χ2n) is 9.27. The predicted octanol–water partition coefficient (Wildman–Crippen LogP) is 4.21. The van der Waals surface area contributed by atoms with E-state index in [1.54, 1.807) is 20.4 Å². The smallest absolute Gasteiger partial charge is 0.225 e. The van der Waals surface area contributed by atoms with E-state index in [1.807, 2.05) is 57.2 Å². The van der Waals surface area contributed by atoms with Gasteiger partial charge >= 0.3 is 0 Å². The quantitative estimate of drug-likeness (QED) is 0.720. The zero-order chi connectivity index (χ0) is 22.4. The van der Waals surface area contributed by atoms with E-state index in [0.717, 1.165) is 55.2 Å². The first-order valence-corrected chi connectivity index (χ1v) is 11.0. The first-order valence-electron chi connectivity index (χ1n) is 11.0. The van der Waals surface area contributed by atoms with Crippen LogP contribution in [0, 0.1) is 11.3 Å². The molecule has 6 nitrogen and oxygen atoms in total. The summed E-state index contributed by atoms with van der Waals surface area (Å²) in [5, 5.41) is 3.30. The lowest BCUT2D eigenvalue weighted by Crippen LogP contribution is -2.45. The lowest BCUT2D eigenvalue weighted by atomic mass is 9.86. The highest BCUT2D eigenvalue weighted by molar-refractivity contribution is 5.81. The molecule has 31 heavy (non-hydrogen) atoms. The van der Waals surface area contributed by atoms with E-state index in [4.69, 9.17) is 9.47 Å². The van der Waals surface area contributed by atoms with Gasteiger partial charge in [0.2, 0.25) is 5.91 Å². The van der Waals surface area contributed by atoms with Crippen LogP contribution in [-0.4, -0.2) is 43.1 Å². The molecule has 0 radical (unpaired) electrons. The van der Waals surface area contributed by atoms with Crippen LogP contribution < -0.4 is 14.8 Å². The molecule has 168 valence electrons. The van der Waals surface area contributed by atoms with Gasteiger partial charge in [-0.1, -0.05) is 26.8 Å². The number of amides is 1. The molecule has 6 heteroatoms. The minimum atomic E-state index is -0.449. The van der Waals surface area contributed by atoms with Crippen molar-refractivity contribution >= 4 is 5.91 Å². The molecule has 1 amide bonds. The van der Waals surface area contributed by atoms with Crippen molar-refractivity contribution in [3.8, 4) is 11.5 Å². The fraction of sp³-hybridized carbons (Fsp3) is 0.520. The summed E-state index contributed by atoms with van der Waals surface area (Å²) < 4.78 is 11.0. The molecule has 0 unspecified atom stereocenters. The number of rotatable bonds is 7. The number of hydrogen-bond acceptors (Lipinski definition) is 5. The summed E-state index contributed by atoms with van der Waals surface area (Å²) in [7, 11) is 3.38. The number of benzene rings is 1. The number of carbonyl (C=O) groups excluding carboxylic acids is 1. The largest absolute Gasteiger partial charge is 0.497 e. The van der Waals surface area contributed by atoms with Gasteiger partial charge in [-0.3, -0.25) is 14.7 Å². The van der Waals surface area contributed by atoms with Crippen LogP contribution in [0.15, 0.2) is 42.6 Å². The number of piperidine rings is 1. The number of nitrogens with one attached hydrogen (secondary N) is 1. The molecule has 0 spiro atoms. The molecule has 2 atom stereocenters. The van der Waals surface area contributed by atoms with E-state index in [1.165, 1.54) is 0 Å². The zero-order valence-electron chi connectivity index (χ0n) is 19.4.